The van der Waals surface area contributed by atoms with E-state index < -0.39 is 15.6 Å². The third kappa shape index (κ3) is 9.48. The smallest absolute Gasteiger partial charge is 0.209 e. The Hall–Kier alpha value is -0.390. The van der Waals surface area contributed by atoms with Crippen LogP contribution in [0, 0.1) is 0 Å². The molecule has 0 aliphatic heterocycles. The Labute approximate surface area is 160 Å². The van der Waals surface area contributed by atoms with Gasteiger partial charge in [-0.15, -0.1) is 35.3 Å². The first-order chi connectivity index (χ1) is 10.1. The summed E-state index contributed by atoms with van der Waals surface area (Å²) in [4.78, 5) is 6.75. The maximum atomic E-state index is 11.3. The molecule has 23 heavy (non-hydrogen) atoms. The Kier molecular flexibility index (Phi) is 9.63. The van der Waals surface area contributed by atoms with Gasteiger partial charge in [0.2, 0.25) is 10.0 Å². The second kappa shape index (κ2) is 9.80. The Balaban J connectivity index is 0.00000484. The van der Waals surface area contributed by atoms with Gasteiger partial charge in [0.25, 0.3) is 0 Å². The average Bonchev–Trinajstić information content (AvgIpc) is 2.84. The Bertz CT molecular complexity index is 612. The standard InChI is InChI=1S/C14H26N4O2S2.HI/c1-6-11-7-8-12(21-11)9-16-13(15-4)17-10-14(2,3)18-22(5,19)20;/h7-8,18H,6,9-10H2,1-5H3,(H2,15,16,17);1H. The largest absolute Gasteiger partial charge is 0.355 e. The number of rotatable bonds is 7. The first-order valence-corrected chi connectivity index (χ1v) is 9.87. The van der Waals surface area contributed by atoms with Crippen LogP contribution in [-0.4, -0.2) is 39.8 Å². The number of aryl methyl sites for hydroxylation is 1. The van der Waals surface area contributed by atoms with Gasteiger partial charge in [-0.3, -0.25) is 4.99 Å². The number of aliphatic imine (C=N–C) groups is 1. The summed E-state index contributed by atoms with van der Waals surface area (Å²) >= 11 is 1.78. The molecule has 0 amide bonds. The second-order valence-corrected chi connectivity index (χ2v) is 8.76. The van der Waals surface area contributed by atoms with Gasteiger partial charge in [-0.1, -0.05) is 6.92 Å². The van der Waals surface area contributed by atoms with Gasteiger partial charge in [0, 0.05) is 28.9 Å². The van der Waals surface area contributed by atoms with Gasteiger partial charge in [0.05, 0.1) is 12.8 Å². The first kappa shape index (κ1) is 22.6. The molecule has 0 saturated carbocycles. The normalized spacial score (nSPS) is 12.7. The third-order valence-corrected chi connectivity index (χ3v) is 5.03. The van der Waals surface area contributed by atoms with Crippen LogP contribution in [0.5, 0.6) is 0 Å². The van der Waals surface area contributed by atoms with Crippen molar-refractivity contribution in [2.45, 2.75) is 39.3 Å². The van der Waals surface area contributed by atoms with Crippen molar-refractivity contribution in [2.75, 3.05) is 19.8 Å². The van der Waals surface area contributed by atoms with Crippen LogP contribution in [0.1, 0.15) is 30.5 Å². The van der Waals surface area contributed by atoms with Crippen LogP contribution in [0.3, 0.4) is 0 Å². The van der Waals surface area contributed by atoms with Gasteiger partial charge in [0.1, 0.15) is 0 Å². The maximum absolute atomic E-state index is 11.3. The highest BCUT2D eigenvalue weighted by Crippen LogP contribution is 2.16. The predicted octanol–water partition coefficient (Wildman–Crippen LogP) is 1.92. The highest BCUT2D eigenvalue weighted by Gasteiger charge is 2.22. The highest BCUT2D eigenvalue weighted by molar-refractivity contribution is 14.0. The second-order valence-electron chi connectivity index (χ2n) is 5.76. The zero-order valence-corrected chi connectivity index (χ0v) is 18.2. The van der Waals surface area contributed by atoms with E-state index in [4.69, 9.17) is 0 Å². The topological polar surface area (TPSA) is 82.6 Å². The molecule has 6 nitrogen and oxygen atoms in total. The summed E-state index contributed by atoms with van der Waals surface area (Å²) < 4.78 is 25.2. The summed E-state index contributed by atoms with van der Waals surface area (Å²) in [5.41, 5.74) is -0.594. The molecule has 3 N–H and O–H groups in total. The number of hydrogen-bond donors (Lipinski definition) is 3. The molecular formula is C14H27IN4O2S2. The number of sulfonamides is 1. The van der Waals surface area contributed by atoms with Crippen LogP contribution in [0.25, 0.3) is 0 Å². The van der Waals surface area contributed by atoms with Crippen molar-refractivity contribution in [1.82, 2.24) is 15.4 Å². The molecule has 0 aliphatic carbocycles. The first-order valence-electron chi connectivity index (χ1n) is 7.16. The van der Waals surface area contributed by atoms with Gasteiger partial charge >= 0.3 is 0 Å². The number of guanidine groups is 1. The van der Waals surface area contributed by atoms with Crippen molar-refractivity contribution in [2.24, 2.45) is 4.99 Å². The van der Waals surface area contributed by atoms with Crippen LogP contribution in [0.2, 0.25) is 0 Å². The summed E-state index contributed by atoms with van der Waals surface area (Å²) in [6.07, 6.45) is 2.20. The molecule has 0 radical (unpaired) electrons. The Morgan fingerprint density at radius 1 is 1.26 bits per heavy atom. The van der Waals surface area contributed by atoms with E-state index in [2.05, 4.69) is 39.4 Å². The van der Waals surface area contributed by atoms with Crippen LogP contribution in [0.4, 0.5) is 0 Å². The molecule has 0 spiro atoms. The molecule has 0 bridgehead atoms. The summed E-state index contributed by atoms with van der Waals surface area (Å²) in [7, 11) is -1.55. The summed E-state index contributed by atoms with van der Waals surface area (Å²) in [6, 6.07) is 4.25. The molecule has 0 fully saturated rings. The van der Waals surface area contributed by atoms with Gasteiger partial charge in [0.15, 0.2) is 5.96 Å². The van der Waals surface area contributed by atoms with Crippen LogP contribution in [-0.2, 0) is 23.0 Å². The highest BCUT2D eigenvalue weighted by atomic mass is 127. The monoisotopic (exact) mass is 474 g/mol. The molecule has 134 valence electrons. The van der Waals surface area contributed by atoms with Crippen molar-refractivity contribution in [3.05, 3.63) is 21.9 Å². The molecule has 0 atom stereocenters. The van der Waals surface area contributed by atoms with E-state index in [0.29, 0.717) is 19.0 Å². The van der Waals surface area contributed by atoms with E-state index in [9.17, 15) is 8.42 Å². The summed E-state index contributed by atoms with van der Waals surface area (Å²) in [5, 5.41) is 6.37. The van der Waals surface area contributed by atoms with Crippen LogP contribution < -0.4 is 15.4 Å². The Morgan fingerprint density at radius 2 is 1.87 bits per heavy atom. The zero-order valence-electron chi connectivity index (χ0n) is 14.3. The summed E-state index contributed by atoms with van der Waals surface area (Å²) in [5.74, 6) is 0.648. The SMILES string of the molecule is CCc1ccc(CNC(=NC)NCC(C)(C)NS(C)(=O)=O)s1.I. The van der Waals surface area contributed by atoms with Crippen molar-refractivity contribution < 1.29 is 8.42 Å². The van der Waals surface area contributed by atoms with Gasteiger partial charge < -0.3 is 10.6 Å². The summed E-state index contributed by atoms with van der Waals surface area (Å²) in [6.45, 7) is 6.91. The van der Waals surface area contributed by atoms with E-state index in [1.54, 1.807) is 18.4 Å². The zero-order chi connectivity index (χ0) is 16.8. The molecule has 0 aromatic carbocycles. The molecule has 0 saturated heterocycles. The third-order valence-electron chi connectivity index (χ3n) is 2.88. The molecule has 1 aromatic rings. The average molecular weight is 474 g/mol. The predicted molar refractivity (Wildman–Crippen MR) is 109 cm³/mol. The fourth-order valence-electron chi connectivity index (χ4n) is 1.94. The van der Waals surface area contributed by atoms with Crippen molar-refractivity contribution in [3.8, 4) is 0 Å². The lowest BCUT2D eigenvalue weighted by atomic mass is 10.1. The number of nitrogens with one attached hydrogen (secondary N) is 3. The van der Waals surface area contributed by atoms with E-state index in [1.165, 1.54) is 9.75 Å². The molecular weight excluding hydrogens is 447 g/mol. The quantitative estimate of drug-likeness (QED) is 0.321. The lowest BCUT2D eigenvalue weighted by Crippen LogP contribution is -2.52. The lowest BCUT2D eigenvalue weighted by molar-refractivity contribution is 0.446. The lowest BCUT2D eigenvalue weighted by Gasteiger charge is -2.26. The molecule has 0 unspecified atom stereocenters. The van der Waals surface area contributed by atoms with Crippen molar-refractivity contribution in [3.63, 3.8) is 0 Å². The number of halogens is 1. The number of nitrogens with zero attached hydrogens (tertiary/aromatic N) is 1. The Morgan fingerprint density at radius 3 is 2.35 bits per heavy atom. The fraction of sp³-hybridized carbons (Fsp3) is 0.643. The number of thiophene rings is 1. The maximum Gasteiger partial charge on any atom is 0.209 e. The van der Waals surface area contributed by atoms with Gasteiger partial charge in [-0.25, -0.2) is 13.1 Å². The van der Waals surface area contributed by atoms with E-state index >= 15 is 0 Å². The van der Waals surface area contributed by atoms with Gasteiger partial charge in [-0.05, 0) is 32.4 Å². The molecule has 1 rings (SSSR count). The minimum Gasteiger partial charge on any atom is -0.355 e. The molecule has 1 heterocycles. The fourth-order valence-corrected chi connectivity index (χ4v) is 3.92. The van der Waals surface area contributed by atoms with Crippen molar-refractivity contribution >= 4 is 51.3 Å². The minimum atomic E-state index is -3.24. The number of hydrogen-bond acceptors (Lipinski definition) is 4. The minimum absolute atomic E-state index is 0. The van der Waals surface area contributed by atoms with Gasteiger partial charge in [-0.2, -0.15) is 0 Å². The van der Waals surface area contributed by atoms with E-state index in [-0.39, 0.29) is 24.0 Å². The molecule has 9 heteroatoms. The van der Waals surface area contributed by atoms with Crippen molar-refractivity contribution in [1.29, 1.82) is 0 Å². The van der Waals surface area contributed by atoms with E-state index in [1.807, 2.05) is 13.8 Å². The van der Waals surface area contributed by atoms with Crippen LogP contribution >= 0.6 is 35.3 Å². The van der Waals surface area contributed by atoms with Crippen LogP contribution in [0.15, 0.2) is 17.1 Å². The molecule has 1 aromatic heterocycles. The van der Waals surface area contributed by atoms with E-state index in [0.717, 1.165) is 12.7 Å². The molecule has 0 aliphatic rings.